The SMILES string of the molecule is C[C@@]1(CCC#N)CCC(=O)CC[C@H]1OCc1ccccc1. The van der Waals surface area contributed by atoms with E-state index in [0.29, 0.717) is 31.7 Å². The Kier molecular flexibility index (Phi) is 5.52. The van der Waals surface area contributed by atoms with Gasteiger partial charge in [0, 0.05) is 19.3 Å². The fourth-order valence-electron chi connectivity index (χ4n) is 3.03. The van der Waals surface area contributed by atoms with Crippen molar-refractivity contribution in [2.45, 2.75) is 58.2 Å². The number of hydrogen-bond donors (Lipinski definition) is 0. The van der Waals surface area contributed by atoms with Gasteiger partial charge in [-0.1, -0.05) is 37.3 Å². The maximum absolute atomic E-state index is 11.7. The molecule has 0 N–H and O–H groups in total. The van der Waals surface area contributed by atoms with Gasteiger partial charge in [-0.15, -0.1) is 0 Å². The van der Waals surface area contributed by atoms with Crippen LogP contribution in [0, 0.1) is 16.7 Å². The highest BCUT2D eigenvalue weighted by molar-refractivity contribution is 5.78. The molecule has 0 bridgehead atoms. The molecule has 0 amide bonds. The fraction of sp³-hybridized carbons (Fsp3) is 0.556. The molecule has 0 aromatic heterocycles. The molecule has 1 aliphatic carbocycles. The van der Waals surface area contributed by atoms with Gasteiger partial charge in [-0.3, -0.25) is 4.79 Å². The van der Waals surface area contributed by atoms with Crippen LogP contribution in [0.25, 0.3) is 0 Å². The van der Waals surface area contributed by atoms with Gasteiger partial charge >= 0.3 is 0 Å². The maximum Gasteiger partial charge on any atom is 0.133 e. The Hall–Kier alpha value is -1.66. The summed E-state index contributed by atoms with van der Waals surface area (Å²) in [6.45, 7) is 2.74. The Bertz CT molecular complexity index is 506. The van der Waals surface area contributed by atoms with E-state index in [4.69, 9.17) is 10.00 Å². The van der Waals surface area contributed by atoms with Crippen molar-refractivity contribution in [2.24, 2.45) is 5.41 Å². The zero-order valence-electron chi connectivity index (χ0n) is 12.7. The van der Waals surface area contributed by atoms with Crippen LogP contribution in [0.1, 0.15) is 51.0 Å². The molecule has 112 valence electrons. The first-order chi connectivity index (χ1) is 10.1. The topological polar surface area (TPSA) is 50.1 Å². The van der Waals surface area contributed by atoms with Crippen molar-refractivity contribution in [3.63, 3.8) is 0 Å². The minimum Gasteiger partial charge on any atom is -0.373 e. The smallest absolute Gasteiger partial charge is 0.133 e. The highest BCUT2D eigenvalue weighted by atomic mass is 16.5. The number of benzene rings is 1. The Balaban J connectivity index is 2.04. The molecule has 0 heterocycles. The zero-order chi connectivity index (χ0) is 15.1. The second-order valence-corrected chi connectivity index (χ2v) is 6.17. The zero-order valence-corrected chi connectivity index (χ0v) is 12.7. The van der Waals surface area contributed by atoms with E-state index in [2.05, 4.69) is 25.1 Å². The summed E-state index contributed by atoms with van der Waals surface area (Å²) in [6.07, 6.45) is 4.19. The van der Waals surface area contributed by atoms with E-state index in [9.17, 15) is 4.79 Å². The van der Waals surface area contributed by atoms with Gasteiger partial charge < -0.3 is 4.74 Å². The monoisotopic (exact) mass is 285 g/mol. The second kappa shape index (κ2) is 7.38. The van der Waals surface area contributed by atoms with Gasteiger partial charge in [0.05, 0.1) is 18.8 Å². The average molecular weight is 285 g/mol. The van der Waals surface area contributed by atoms with Crippen molar-refractivity contribution in [3.8, 4) is 6.07 Å². The Labute approximate surface area is 126 Å². The first kappa shape index (κ1) is 15.7. The third kappa shape index (κ3) is 4.41. The maximum atomic E-state index is 11.7. The number of Topliss-reactive ketones (excluding diaryl/α,β-unsaturated/α-hetero) is 1. The van der Waals surface area contributed by atoms with E-state index in [-0.39, 0.29) is 11.5 Å². The van der Waals surface area contributed by atoms with Gasteiger partial charge in [-0.2, -0.15) is 5.26 Å². The summed E-state index contributed by atoms with van der Waals surface area (Å²) < 4.78 is 6.15. The Morgan fingerprint density at radius 1 is 1.33 bits per heavy atom. The molecule has 1 aliphatic rings. The summed E-state index contributed by atoms with van der Waals surface area (Å²) in [4.78, 5) is 11.7. The van der Waals surface area contributed by atoms with Crippen LogP contribution in [0.3, 0.4) is 0 Å². The predicted octanol–water partition coefficient (Wildman–Crippen LogP) is 4.02. The number of nitrogens with zero attached hydrogens (tertiary/aromatic N) is 1. The summed E-state index contributed by atoms with van der Waals surface area (Å²) in [7, 11) is 0. The molecule has 0 aliphatic heterocycles. The van der Waals surface area contributed by atoms with Gasteiger partial charge in [0.2, 0.25) is 0 Å². The van der Waals surface area contributed by atoms with Crippen molar-refractivity contribution in [1.29, 1.82) is 5.26 Å². The van der Waals surface area contributed by atoms with Crippen LogP contribution in [0.5, 0.6) is 0 Å². The molecular formula is C18H23NO2. The van der Waals surface area contributed by atoms with Crippen molar-refractivity contribution in [2.75, 3.05) is 0 Å². The number of ketones is 1. The first-order valence-corrected chi connectivity index (χ1v) is 7.68. The van der Waals surface area contributed by atoms with E-state index in [1.807, 2.05) is 18.2 Å². The van der Waals surface area contributed by atoms with Crippen molar-refractivity contribution in [3.05, 3.63) is 35.9 Å². The molecule has 1 aromatic rings. The molecule has 2 rings (SSSR count). The van der Waals surface area contributed by atoms with E-state index >= 15 is 0 Å². The number of hydrogen-bond acceptors (Lipinski definition) is 3. The third-order valence-corrected chi connectivity index (χ3v) is 4.54. The van der Waals surface area contributed by atoms with Crippen molar-refractivity contribution < 1.29 is 9.53 Å². The molecule has 3 nitrogen and oxygen atoms in total. The largest absolute Gasteiger partial charge is 0.373 e. The molecule has 1 fully saturated rings. The number of rotatable bonds is 5. The van der Waals surface area contributed by atoms with Gasteiger partial charge in [0.1, 0.15) is 5.78 Å². The van der Waals surface area contributed by atoms with Crippen LogP contribution in [-0.4, -0.2) is 11.9 Å². The number of ether oxygens (including phenoxy) is 1. The lowest BCUT2D eigenvalue weighted by Crippen LogP contribution is -2.33. The summed E-state index contributed by atoms with van der Waals surface area (Å²) >= 11 is 0. The first-order valence-electron chi connectivity index (χ1n) is 7.68. The quantitative estimate of drug-likeness (QED) is 0.768. The van der Waals surface area contributed by atoms with Gasteiger partial charge in [0.15, 0.2) is 0 Å². The fourth-order valence-corrected chi connectivity index (χ4v) is 3.03. The molecule has 0 saturated heterocycles. The van der Waals surface area contributed by atoms with Crippen LogP contribution < -0.4 is 0 Å². The van der Waals surface area contributed by atoms with Crippen LogP contribution >= 0.6 is 0 Å². The van der Waals surface area contributed by atoms with Gasteiger partial charge in [-0.25, -0.2) is 0 Å². The number of carbonyl (C=O) groups is 1. The van der Waals surface area contributed by atoms with Crippen LogP contribution in [0.2, 0.25) is 0 Å². The molecule has 3 heteroatoms. The van der Waals surface area contributed by atoms with Gasteiger partial charge in [-0.05, 0) is 30.2 Å². The lowest BCUT2D eigenvalue weighted by molar-refractivity contribution is -0.119. The Morgan fingerprint density at radius 2 is 2.10 bits per heavy atom. The van der Waals surface area contributed by atoms with E-state index in [1.165, 1.54) is 0 Å². The predicted molar refractivity (Wildman–Crippen MR) is 81.4 cm³/mol. The van der Waals surface area contributed by atoms with Gasteiger partial charge in [0.25, 0.3) is 0 Å². The minimum absolute atomic E-state index is 0.0532. The molecule has 2 atom stereocenters. The molecule has 0 spiro atoms. The number of carbonyl (C=O) groups excluding carboxylic acids is 1. The summed E-state index contributed by atoms with van der Waals surface area (Å²) in [5.74, 6) is 0.323. The number of nitriles is 1. The second-order valence-electron chi connectivity index (χ2n) is 6.17. The van der Waals surface area contributed by atoms with Crippen LogP contribution in [0.4, 0.5) is 0 Å². The van der Waals surface area contributed by atoms with E-state index < -0.39 is 0 Å². The molecule has 21 heavy (non-hydrogen) atoms. The summed E-state index contributed by atoms with van der Waals surface area (Å²) in [6, 6.07) is 12.3. The summed E-state index contributed by atoms with van der Waals surface area (Å²) in [5, 5.41) is 8.87. The molecular weight excluding hydrogens is 262 g/mol. The van der Waals surface area contributed by atoms with Crippen LogP contribution in [0.15, 0.2) is 30.3 Å². The Morgan fingerprint density at radius 3 is 2.81 bits per heavy atom. The molecule has 0 unspecified atom stereocenters. The highest BCUT2D eigenvalue weighted by Gasteiger charge is 2.37. The minimum atomic E-state index is -0.0727. The van der Waals surface area contributed by atoms with Crippen molar-refractivity contribution >= 4 is 5.78 Å². The lowest BCUT2D eigenvalue weighted by Gasteiger charge is -2.35. The highest BCUT2D eigenvalue weighted by Crippen LogP contribution is 2.40. The average Bonchev–Trinajstić information content (AvgIpc) is 2.65. The van der Waals surface area contributed by atoms with E-state index in [1.54, 1.807) is 0 Å². The van der Waals surface area contributed by atoms with Crippen LogP contribution in [-0.2, 0) is 16.1 Å². The molecule has 1 saturated carbocycles. The van der Waals surface area contributed by atoms with E-state index in [0.717, 1.165) is 24.8 Å². The molecule has 0 radical (unpaired) electrons. The third-order valence-electron chi connectivity index (χ3n) is 4.54. The lowest BCUT2D eigenvalue weighted by atomic mass is 9.76. The van der Waals surface area contributed by atoms with Crippen molar-refractivity contribution in [1.82, 2.24) is 0 Å². The standard InChI is InChI=1S/C18H23NO2/c1-18(11-5-13-19)12-10-16(20)8-9-17(18)21-14-15-6-3-2-4-7-15/h2-4,6-7,17H,5,8-12,14H2,1H3/t17-,18-/m1/s1. The summed E-state index contributed by atoms with van der Waals surface area (Å²) in [5.41, 5.74) is 1.08. The normalized spacial score (nSPS) is 26.1. The molecule has 1 aromatic carbocycles.